The highest BCUT2D eigenvalue weighted by atomic mass is 32.2. The second kappa shape index (κ2) is 26.7. The molecule has 0 aliphatic carbocycles. The molecule has 0 spiro atoms. The minimum Gasteiger partial charge on any atom is -0.384 e. The topological polar surface area (TPSA) is 55.4 Å². The van der Waals surface area contributed by atoms with Crippen LogP contribution in [0.4, 0.5) is 0 Å². The Morgan fingerprint density at radius 2 is 0.661 bits per heavy atom. The number of hydrogen-bond acceptors (Lipinski definition) is 8. The lowest BCUT2D eigenvalue weighted by Gasteiger charge is -2.30. The van der Waals surface area contributed by atoms with Gasteiger partial charge in [-0.1, -0.05) is 95.1 Å². The van der Waals surface area contributed by atoms with E-state index in [-0.39, 0.29) is 0 Å². The molecule has 0 radical (unpaired) electrons. The van der Waals surface area contributed by atoms with E-state index in [1.54, 1.807) is 49.2 Å². The number of methoxy groups -OCH3 is 4. The largest absolute Gasteiger partial charge is 0.384 e. The average molecular weight is 917 g/mol. The van der Waals surface area contributed by atoms with Crippen molar-refractivity contribution < 1.29 is 28.4 Å². The summed E-state index contributed by atoms with van der Waals surface area (Å²) in [7, 11) is 3.37. The SMILES string of the molecule is COCCOCCC[Si]1(CCCOCCOC)c2cc(C)ccc2-c2ccc(C)cc21.COCCSCCC[Si]1(CCCSCCOC)c2cc(C)ccc2-c2ccc(C)cc21. The molecule has 340 valence electrons. The summed E-state index contributed by atoms with van der Waals surface area (Å²) in [6, 6.07) is 33.8. The van der Waals surface area contributed by atoms with Crippen molar-refractivity contribution in [1.29, 1.82) is 0 Å². The van der Waals surface area contributed by atoms with Gasteiger partial charge in [-0.15, -0.1) is 0 Å². The Labute approximate surface area is 386 Å². The Balaban J connectivity index is 0.000000234. The molecule has 0 saturated heterocycles. The van der Waals surface area contributed by atoms with E-state index in [9.17, 15) is 0 Å². The van der Waals surface area contributed by atoms with Crippen molar-refractivity contribution in [2.45, 2.75) is 77.6 Å². The summed E-state index contributed by atoms with van der Waals surface area (Å²) in [6.45, 7) is 14.9. The van der Waals surface area contributed by atoms with Crippen molar-refractivity contribution >= 4 is 60.4 Å². The molecule has 2 aliphatic rings. The van der Waals surface area contributed by atoms with Gasteiger partial charge in [-0.3, -0.25) is 0 Å². The molecule has 0 fully saturated rings. The smallest absolute Gasteiger partial charge is 0.119 e. The predicted octanol–water partition coefficient (Wildman–Crippen LogP) is 9.34. The zero-order valence-electron chi connectivity index (χ0n) is 39.3. The molecule has 2 heterocycles. The highest BCUT2D eigenvalue weighted by molar-refractivity contribution is 7.99. The summed E-state index contributed by atoms with van der Waals surface area (Å²) in [5.41, 5.74) is 11.5. The van der Waals surface area contributed by atoms with E-state index in [2.05, 4.69) is 100 Å². The van der Waals surface area contributed by atoms with E-state index in [1.807, 2.05) is 23.5 Å². The molecule has 10 heteroatoms. The first-order chi connectivity index (χ1) is 30.2. The molecule has 4 aromatic carbocycles. The van der Waals surface area contributed by atoms with Gasteiger partial charge in [-0.2, -0.15) is 23.5 Å². The van der Waals surface area contributed by atoms with Crippen LogP contribution in [0.15, 0.2) is 72.8 Å². The van der Waals surface area contributed by atoms with Gasteiger partial charge in [0.2, 0.25) is 0 Å². The second-order valence-electron chi connectivity index (χ2n) is 17.2. The molecule has 6 rings (SSSR count). The van der Waals surface area contributed by atoms with Gasteiger partial charge >= 0.3 is 0 Å². The van der Waals surface area contributed by atoms with Crippen molar-refractivity contribution in [1.82, 2.24) is 0 Å². The van der Waals surface area contributed by atoms with E-state index in [0.29, 0.717) is 26.4 Å². The summed E-state index contributed by atoms with van der Waals surface area (Å²) in [5.74, 6) is 4.69. The zero-order chi connectivity index (χ0) is 44.2. The lowest BCUT2D eigenvalue weighted by atomic mass is 10.0. The van der Waals surface area contributed by atoms with Crippen molar-refractivity contribution in [2.24, 2.45) is 0 Å². The van der Waals surface area contributed by atoms with Gasteiger partial charge in [0.15, 0.2) is 0 Å². The summed E-state index contributed by atoms with van der Waals surface area (Å²) in [6.07, 6.45) is 4.78. The van der Waals surface area contributed by atoms with Crippen LogP contribution in [0.25, 0.3) is 22.3 Å². The number of hydrogen-bond donors (Lipinski definition) is 0. The molecule has 0 amide bonds. The van der Waals surface area contributed by atoms with E-state index >= 15 is 0 Å². The van der Waals surface area contributed by atoms with Crippen LogP contribution in [0.3, 0.4) is 0 Å². The highest BCUT2D eigenvalue weighted by Crippen LogP contribution is 2.37. The van der Waals surface area contributed by atoms with E-state index in [4.69, 9.17) is 28.4 Å². The van der Waals surface area contributed by atoms with Crippen molar-refractivity contribution in [2.75, 3.05) is 104 Å². The first-order valence-electron chi connectivity index (χ1n) is 23.0. The molecule has 2 aliphatic heterocycles. The molecular formula is C52H76O6S2Si2. The predicted molar refractivity (Wildman–Crippen MR) is 274 cm³/mol. The van der Waals surface area contributed by atoms with Gasteiger partial charge in [0, 0.05) is 53.2 Å². The Morgan fingerprint density at radius 1 is 0.355 bits per heavy atom. The van der Waals surface area contributed by atoms with E-state index in [1.165, 1.54) is 93.0 Å². The van der Waals surface area contributed by atoms with Gasteiger partial charge in [0.05, 0.1) is 39.6 Å². The number of rotatable bonds is 28. The molecule has 0 unspecified atom stereocenters. The molecule has 0 aromatic heterocycles. The Bertz CT molecular complexity index is 1680. The van der Waals surface area contributed by atoms with Gasteiger partial charge < -0.3 is 28.4 Å². The first kappa shape index (κ1) is 50.8. The third-order valence-electron chi connectivity index (χ3n) is 12.6. The van der Waals surface area contributed by atoms with Crippen LogP contribution in [0.2, 0.25) is 24.2 Å². The van der Waals surface area contributed by atoms with Crippen molar-refractivity contribution in [3.05, 3.63) is 95.1 Å². The lowest BCUT2D eigenvalue weighted by molar-refractivity contribution is 0.0702. The van der Waals surface area contributed by atoms with Crippen LogP contribution in [0.5, 0.6) is 0 Å². The standard InChI is InChI=1S/C26H38O4Si.C26H38O2S2Si/c1-21-7-9-23-24-10-8-22(2)20-26(24)31(25(23)19-21,17-5-11-29-15-13-27-3)18-6-12-30-16-14-28-4;1-21-7-9-23-24-10-8-22(2)20-26(24)31(25(23)19-21,17-5-13-29-15-11-27-3)18-6-14-30-16-12-28-4/h2*7-10,19-20H,5-6,11-18H2,1-4H3. The first-order valence-corrected chi connectivity index (χ1v) is 30.1. The summed E-state index contributed by atoms with van der Waals surface area (Å²) in [5, 5.41) is 6.64. The maximum atomic E-state index is 5.83. The maximum Gasteiger partial charge on any atom is 0.119 e. The maximum absolute atomic E-state index is 5.83. The van der Waals surface area contributed by atoms with E-state index < -0.39 is 16.1 Å². The molecule has 0 atom stereocenters. The molecule has 0 N–H and O–H groups in total. The summed E-state index contributed by atoms with van der Waals surface area (Å²) in [4.78, 5) is 0. The second-order valence-corrected chi connectivity index (χ2v) is 28.1. The molecule has 62 heavy (non-hydrogen) atoms. The van der Waals surface area contributed by atoms with Crippen LogP contribution in [0, 0.1) is 27.7 Å². The highest BCUT2D eigenvalue weighted by Gasteiger charge is 2.45. The number of benzene rings is 4. The normalized spacial score (nSPS) is 13.9. The van der Waals surface area contributed by atoms with Crippen LogP contribution in [-0.2, 0) is 28.4 Å². The van der Waals surface area contributed by atoms with Crippen LogP contribution < -0.4 is 20.7 Å². The third-order valence-corrected chi connectivity index (χ3v) is 25.3. The lowest BCUT2D eigenvalue weighted by Crippen LogP contribution is -2.55. The fourth-order valence-electron chi connectivity index (χ4n) is 9.65. The fourth-order valence-corrected chi connectivity index (χ4v) is 23.1. The van der Waals surface area contributed by atoms with Gasteiger partial charge in [0.25, 0.3) is 0 Å². The quantitative estimate of drug-likeness (QED) is 0.0413. The van der Waals surface area contributed by atoms with Crippen LogP contribution >= 0.6 is 23.5 Å². The molecule has 4 aromatic rings. The van der Waals surface area contributed by atoms with Gasteiger partial charge in [-0.25, -0.2) is 0 Å². The minimum absolute atomic E-state index is 0.658. The Kier molecular flexibility index (Phi) is 21.8. The van der Waals surface area contributed by atoms with Crippen LogP contribution in [-0.4, -0.2) is 120 Å². The van der Waals surface area contributed by atoms with E-state index in [0.717, 1.165) is 50.8 Å². The third kappa shape index (κ3) is 13.4. The van der Waals surface area contributed by atoms with Gasteiger partial charge in [-0.05, 0) is 132 Å². The Hall–Kier alpha value is -2.23. The zero-order valence-corrected chi connectivity index (χ0v) is 43.0. The van der Waals surface area contributed by atoms with Crippen molar-refractivity contribution in [3.8, 4) is 22.3 Å². The monoisotopic (exact) mass is 916 g/mol. The Morgan fingerprint density at radius 3 is 0.968 bits per heavy atom. The molecule has 0 bridgehead atoms. The number of aryl methyl sites for hydroxylation is 4. The van der Waals surface area contributed by atoms with Crippen LogP contribution in [0.1, 0.15) is 47.9 Å². The summed E-state index contributed by atoms with van der Waals surface area (Å²) < 4.78 is 32.4. The molecular weight excluding hydrogens is 841 g/mol. The number of thioether (sulfide) groups is 2. The molecule has 6 nitrogen and oxygen atoms in total. The van der Waals surface area contributed by atoms with Gasteiger partial charge in [0.1, 0.15) is 16.1 Å². The minimum atomic E-state index is -1.90. The van der Waals surface area contributed by atoms with Crippen molar-refractivity contribution in [3.63, 3.8) is 0 Å². The average Bonchev–Trinajstić information content (AvgIpc) is 3.67. The number of fused-ring (bicyclic) bond motifs is 6. The molecule has 0 saturated carbocycles. The number of ether oxygens (including phenoxy) is 6. The summed E-state index contributed by atoms with van der Waals surface area (Å²) >= 11 is 4.09. The fraction of sp³-hybridized carbons (Fsp3) is 0.538.